The Labute approximate surface area is 186 Å². The van der Waals surface area contributed by atoms with Crippen molar-refractivity contribution in [3.63, 3.8) is 0 Å². The van der Waals surface area contributed by atoms with Gasteiger partial charge in [-0.25, -0.2) is 4.79 Å². The standard InChI is InChI=1S/C27H22N2O3/c30-27(31)21-12-10-20(11-13-21)19-32-26-9-5-4-6-22(26)18-28-23-14-16-25(17-15-23)29-24-7-2-1-3-8-24/h1-18,29H,19H2,(H,30,31). The van der Waals surface area contributed by atoms with Crippen molar-refractivity contribution in [1.29, 1.82) is 0 Å². The number of rotatable bonds is 8. The Bertz CT molecular complexity index is 1200. The predicted molar refractivity (Wildman–Crippen MR) is 128 cm³/mol. The van der Waals surface area contributed by atoms with Crippen LogP contribution in [0.25, 0.3) is 0 Å². The summed E-state index contributed by atoms with van der Waals surface area (Å²) in [5, 5.41) is 12.4. The molecule has 0 saturated heterocycles. The molecular weight excluding hydrogens is 400 g/mol. The topological polar surface area (TPSA) is 70.9 Å². The van der Waals surface area contributed by atoms with Crippen molar-refractivity contribution in [2.24, 2.45) is 4.99 Å². The van der Waals surface area contributed by atoms with Crippen LogP contribution in [0.3, 0.4) is 0 Å². The van der Waals surface area contributed by atoms with E-state index in [1.54, 1.807) is 30.5 Å². The Morgan fingerprint density at radius 2 is 1.47 bits per heavy atom. The van der Waals surface area contributed by atoms with Crippen molar-refractivity contribution in [2.45, 2.75) is 6.61 Å². The SMILES string of the molecule is O=C(O)c1ccc(COc2ccccc2C=Nc2ccc(Nc3ccccc3)cc2)cc1. The van der Waals surface area contributed by atoms with Crippen molar-refractivity contribution in [3.05, 3.63) is 120 Å². The molecule has 5 heteroatoms. The molecule has 0 aromatic heterocycles. The number of carboxylic acids is 1. The van der Waals surface area contributed by atoms with Gasteiger partial charge in [-0.15, -0.1) is 0 Å². The molecule has 0 heterocycles. The maximum absolute atomic E-state index is 11.0. The van der Waals surface area contributed by atoms with Gasteiger partial charge in [0.05, 0.1) is 11.3 Å². The van der Waals surface area contributed by atoms with Gasteiger partial charge in [-0.05, 0) is 66.2 Å². The highest BCUT2D eigenvalue weighted by Crippen LogP contribution is 2.22. The van der Waals surface area contributed by atoms with E-state index in [0.717, 1.165) is 28.2 Å². The smallest absolute Gasteiger partial charge is 0.335 e. The van der Waals surface area contributed by atoms with E-state index in [-0.39, 0.29) is 5.56 Å². The van der Waals surface area contributed by atoms with Gasteiger partial charge in [-0.2, -0.15) is 0 Å². The molecule has 0 aliphatic heterocycles. The normalized spacial score (nSPS) is 10.8. The molecular formula is C27H22N2O3. The molecule has 0 radical (unpaired) electrons. The molecule has 5 nitrogen and oxygen atoms in total. The Morgan fingerprint density at radius 3 is 2.19 bits per heavy atom. The number of aliphatic imine (C=N–C) groups is 1. The average molecular weight is 422 g/mol. The molecule has 32 heavy (non-hydrogen) atoms. The third kappa shape index (κ3) is 5.61. The maximum atomic E-state index is 11.0. The van der Waals surface area contributed by atoms with Gasteiger partial charge < -0.3 is 15.2 Å². The first-order valence-electron chi connectivity index (χ1n) is 10.2. The summed E-state index contributed by atoms with van der Waals surface area (Å²) in [4.78, 5) is 15.5. The summed E-state index contributed by atoms with van der Waals surface area (Å²) in [6, 6.07) is 32.2. The number of hydrogen-bond acceptors (Lipinski definition) is 4. The molecule has 0 spiro atoms. The van der Waals surface area contributed by atoms with Crippen LogP contribution in [0.2, 0.25) is 0 Å². The second kappa shape index (κ2) is 10.1. The fourth-order valence-corrected chi connectivity index (χ4v) is 3.09. The largest absolute Gasteiger partial charge is 0.488 e. The molecule has 0 bridgehead atoms. The van der Waals surface area contributed by atoms with Crippen molar-refractivity contribution in [1.82, 2.24) is 0 Å². The minimum Gasteiger partial charge on any atom is -0.488 e. The minimum absolute atomic E-state index is 0.256. The third-order valence-electron chi connectivity index (χ3n) is 4.80. The van der Waals surface area contributed by atoms with Crippen LogP contribution in [0, 0.1) is 0 Å². The van der Waals surface area contributed by atoms with Crippen molar-refractivity contribution in [2.75, 3.05) is 5.32 Å². The van der Waals surface area contributed by atoms with Gasteiger partial charge in [0, 0.05) is 23.2 Å². The lowest BCUT2D eigenvalue weighted by Gasteiger charge is -2.09. The van der Waals surface area contributed by atoms with E-state index in [1.165, 1.54) is 0 Å². The second-order valence-corrected chi connectivity index (χ2v) is 7.12. The zero-order valence-corrected chi connectivity index (χ0v) is 17.3. The average Bonchev–Trinajstić information content (AvgIpc) is 2.84. The molecule has 0 aliphatic rings. The molecule has 0 aliphatic carbocycles. The highest BCUT2D eigenvalue weighted by atomic mass is 16.5. The first-order chi connectivity index (χ1) is 15.7. The molecule has 0 unspecified atom stereocenters. The molecule has 0 fully saturated rings. The molecule has 0 atom stereocenters. The van der Waals surface area contributed by atoms with Gasteiger partial charge in [0.25, 0.3) is 0 Å². The van der Waals surface area contributed by atoms with Crippen LogP contribution in [0.4, 0.5) is 17.1 Å². The molecule has 2 N–H and O–H groups in total. The number of anilines is 2. The van der Waals surface area contributed by atoms with Gasteiger partial charge in [0.1, 0.15) is 12.4 Å². The predicted octanol–water partition coefficient (Wildman–Crippen LogP) is 6.46. The molecule has 158 valence electrons. The number of ether oxygens (including phenoxy) is 1. The number of para-hydroxylation sites is 2. The molecule has 0 amide bonds. The number of aromatic carboxylic acids is 1. The van der Waals surface area contributed by atoms with E-state index < -0.39 is 5.97 Å². The van der Waals surface area contributed by atoms with Crippen LogP contribution >= 0.6 is 0 Å². The van der Waals surface area contributed by atoms with Gasteiger partial charge in [-0.1, -0.05) is 42.5 Å². The van der Waals surface area contributed by atoms with Crippen molar-refractivity contribution in [3.8, 4) is 5.75 Å². The van der Waals surface area contributed by atoms with Gasteiger partial charge in [0.15, 0.2) is 0 Å². The maximum Gasteiger partial charge on any atom is 0.335 e. The monoisotopic (exact) mass is 422 g/mol. The van der Waals surface area contributed by atoms with E-state index in [9.17, 15) is 4.79 Å². The highest BCUT2D eigenvalue weighted by molar-refractivity contribution is 5.87. The second-order valence-electron chi connectivity index (χ2n) is 7.12. The lowest BCUT2D eigenvalue weighted by molar-refractivity contribution is 0.0697. The number of nitrogens with one attached hydrogen (secondary N) is 1. The highest BCUT2D eigenvalue weighted by Gasteiger charge is 2.04. The van der Waals surface area contributed by atoms with E-state index >= 15 is 0 Å². The number of carbonyl (C=O) groups is 1. The fourth-order valence-electron chi connectivity index (χ4n) is 3.09. The summed E-state index contributed by atoms with van der Waals surface area (Å²) in [6.45, 7) is 0.338. The molecule has 4 aromatic rings. The van der Waals surface area contributed by atoms with Crippen LogP contribution in [0.5, 0.6) is 5.75 Å². The van der Waals surface area contributed by atoms with Gasteiger partial charge >= 0.3 is 5.97 Å². The zero-order chi connectivity index (χ0) is 22.2. The van der Waals surface area contributed by atoms with E-state index in [1.807, 2.05) is 78.9 Å². The Kier molecular flexibility index (Phi) is 6.58. The van der Waals surface area contributed by atoms with Crippen LogP contribution in [-0.4, -0.2) is 17.3 Å². The zero-order valence-electron chi connectivity index (χ0n) is 17.3. The summed E-state index contributed by atoms with van der Waals surface area (Å²) >= 11 is 0. The summed E-state index contributed by atoms with van der Waals surface area (Å²) in [6.07, 6.45) is 1.78. The van der Waals surface area contributed by atoms with Crippen LogP contribution in [0.15, 0.2) is 108 Å². The summed E-state index contributed by atoms with van der Waals surface area (Å²) < 4.78 is 5.95. The first-order valence-corrected chi connectivity index (χ1v) is 10.2. The number of carboxylic acid groups (broad SMARTS) is 1. The summed E-state index contributed by atoms with van der Waals surface area (Å²) in [5.74, 6) is -0.233. The Hall–Kier alpha value is -4.38. The number of benzene rings is 4. The lowest BCUT2D eigenvalue weighted by atomic mass is 10.1. The van der Waals surface area contributed by atoms with Gasteiger partial charge in [0.2, 0.25) is 0 Å². The fraction of sp³-hybridized carbons (Fsp3) is 0.0370. The van der Waals surface area contributed by atoms with E-state index in [0.29, 0.717) is 12.4 Å². The van der Waals surface area contributed by atoms with E-state index in [4.69, 9.17) is 9.84 Å². The lowest BCUT2D eigenvalue weighted by Crippen LogP contribution is -2.00. The third-order valence-corrected chi connectivity index (χ3v) is 4.80. The van der Waals surface area contributed by atoms with Gasteiger partial charge in [-0.3, -0.25) is 4.99 Å². The molecule has 4 aromatic carbocycles. The van der Waals surface area contributed by atoms with E-state index in [2.05, 4.69) is 10.3 Å². The first kappa shape index (κ1) is 20.9. The Balaban J connectivity index is 1.40. The summed E-state index contributed by atoms with van der Waals surface area (Å²) in [7, 11) is 0. The quantitative estimate of drug-likeness (QED) is 0.320. The van der Waals surface area contributed by atoms with Crippen LogP contribution < -0.4 is 10.1 Å². The van der Waals surface area contributed by atoms with Crippen molar-refractivity contribution < 1.29 is 14.6 Å². The minimum atomic E-state index is -0.942. The number of hydrogen-bond donors (Lipinski definition) is 2. The molecule has 4 rings (SSSR count). The Morgan fingerprint density at radius 1 is 0.812 bits per heavy atom. The number of nitrogens with zero attached hydrogens (tertiary/aromatic N) is 1. The molecule has 0 saturated carbocycles. The summed E-state index contributed by atoms with van der Waals surface area (Å²) in [5.41, 5.74) is 4.87. The van der Waals surface area contributed by atoms with Crippen LogP contribution in [0.1, 0.15) is 21.5 Å². The van der Waals surface area contributed by atoms with Crippen molar-refractivity contribution >= 4 is 29.2 Å². The van der Waals surface area contributed by atoms with Crippen LogP contribution in [-0.2, 0) is 6.61 Å².